The maximum Gasteiger partial charge on any atom is 0.212 e. The van der Waals surface area contributed by atoms with Gasteiger partial charge in [-0.05, 0) is 13.0 Å². The molecule has 0 atom stereocenters. The first-order valence-corrected chi connectivity index (χ1v) is 6.44. The second-order valence-electron chi connectivity index (χ2n) is 4.69. The lowest BCUT2D eigenvalue weighted by molar-refractivity contribution is 0.398. The van der Waals surface area contributed by atoms with Gasteiger partial charge in [-0.3, -0.25) is 0 Å². The number of imidazole rings is 1. The van der Waals surface area contributed by atoms with Crippen molar-refractivity contribution in [3.63, 3.8) is 0 Å². The smallest absolute Gasteiger partial charge is 0.212 e. The van der Waals surface area contributed by atoms with Crippen molar-refractivity contribution in [1.29, 1.82) is 0 Å². The zero-order valence-electron chi connectivity index (χ0n) is 11.8. The van der Waals surface area contributed by atoms with Crippen LogP contribution in [0.4, 0.5) is 5.82 Å². The van der Waals surface area contributed by atoms with Crippen LogP contribution in [0.5, 0.6) is 5.88 Å². The molecule has 0 fully saturated rings. The second-order valence-corrected chi connectivity index (χ2v) is 4.69. The van der Waals surface area contributed by atoms with E-state index < -0.39 is 0 Å². The first kappa shape index (κ1) is 13.4. The largest absolute Gasteiger partial charge is 0.481 e. The van der Waals surface area contributed by atoms with E-state index in [0.717, 1.165) is 23.6 Å². The molecule has 0 aliphatic heterocycles. The molecule has 0 unspecified atom stereocenters. The molecule has 19 heavy (non-hydrogen) atoms. The van der Waals surface area contributed by atoms with Crippen LogP contribution in [0.2, 0.25) is 0 Å². The highest BCUT2D eigenvalue weighted by Crippen LogP contribution is 2.29. The van der Waals surface area contributed by atoms with Crippen LogP contribution in [-0.4, -0.2) is 21.6 Å². The normalized spacial score (nSPS) is 11.0. The predicted molar refractivity (Wildman–Crippen MR) is 76.2 cm³/mol. The summed E-state index contributed by atoms with van der Waals surface area (Å²) < 4.78 is 7.10. The Morgan fingerprint density at radius 2 is 2.11 bits per heavy atom. The van der Waals surface area contributed by atoms with E-state index in [1.165, 1.54) is 0 Å². The average molecular weight is 260 g/mol. The molecule has 0 aromatic carbocycles. The first-order chi connectivity index (χ1) is 9.08. The number of methoxy groups -OCH3 is 1. The van der Waals surface area contributed by atoms with Crippen molar-refractivity contribution in [1.82, 2.24) is 14.5 Å². The third-order valence-corrected chi connectivity index (χ3v) is 3.09. The highest BCUT2D eigenvalue weighted by atomic mass is 16.5. The van der Waals surface area contributed by atoms with Crippen molar-refractivity contribution < 1.29 is 4.74 Å². The molecule has 0 aliphatic rings. The van der Waals surface area contributed by atoms with Crippen LogP contribution >= 0.6 is 0 Å². The minimum absolute atomic E-state index is 0.335. The van der Waals surface area contributed by atoms with Gasteiger partial charge in [-0.25, -0.2) is 9.97 Å². The molecule has 0 aliphatic carbocycles. The van der Waals surface area contributed by atoms with E-state index in [9.17, 15) is 0 Å². The lowest BCUT2D eigenvalue weighted by Gasteiger charge is -2.08. The minimum Gasteiger partial charge on any atom is -0.481 e. The lowest BCUT2D eigenvalue weighted by atomic mass is 10.2. The second kappa shape index (κ2) is 5.30. The van der Waals surface area contributed by atoms with Crippen LogP contribution in [0.15, 0.2) is 18.3 Å². The van der Waals surface area contributed by atoms with E-state index in [-0.39, 0.29) is 0 Å². The van der Waals surface area contributed by atoms with Gasteiger partial charge in [0, 0.05) is 30.3 Å². The summed E-state index contributed by atoms with van der Waals surface area (Å²) in [4.78, 5) is 8.86. The summed E-state index contributed by atoms with van der Waals surface area (Å²) in [6, 6.07) is 3.74. The van der Waals surface area contributed by atoms with Crippen molar-refractivity contribution >= 4 is 5.82 Å². The Kier molecular flexibility index (Phi) is 3.74. The number of hydrogen-bond donors (Lipinski definition) is 1. The molecule has 5 nitrogen and oxygen atoms in total. The third-order valence-electron chi connectivity index (χ3n) is 3.09. The van der Waals surface area contributed by atoms with Gasteiger partial charge in [0.1, 0.15) is 17.3 Å². The van der Waals surface area contributed by atoms with Gasteiger partial charge in [-0.1, -0.05) is 13.8 Å². The van der Waals surface area contributed by atoms with Crippen LogP contribution in [0.1, 0.15) is 32.5 Å². The Bertz CT molecular complexity index is 558. The summed E-state index contributed by atoms with van der Waals surface area (Å²) in [5, 5.41) is 0. The molecule has 0 spiro atoms. The van der Waals surface area contributed by atoms with Gasteiger partial charge in [0.25, 0.3) is 0 Å². The quantitative estimate of drug-likeness (QED) is 0.917. The average Bonchev–Trinajstić information content (AvgIpc) is 2.76. The van der Waals surface area contributed by atoms with Crippen LogP contribution < -0.4 is 10.5 Å². The summed E-state index contributed by atoms with van der Waals surface area (Å²) in [6.45, 7) is 7.11. The fraction of sp³-hybridized carbons (Fsp3) is 0.429. The molecule has 2 rings (SSSR count). The van der Waals surface area contributed by atoms with E-state index >= 15 is 0 Å². The van der Waals surface area contributed by atoms with Gasteiger partial charge in [0.05, 0.1) is 7.11 Å². The van der Waals surface area contributed by atoms with Gasteiger partial charge in [0.15, 0.2) is 0 Å². The van der Waals surface area contributed by atoms with E-state index in [4.69, 9.17) is 10.5 Å². The molecule has 2 aromatic rings. The molecule has 0 saturated carbocycles. The van der Waals surface area contributed by atoms with E-state index in [0.29, 0.717) is 17.6 Å². The van der Waals surface area contributed by atoms with Gasteiger partial charge in [-0.15, -0.1) is 0 Å². The third kappa shape index (κ3) is 2.41. The van der Waals surface area contributed by atoms with Crippen molar-refractivity contribution in [2.75, 3.05) is 12.8 Å². The standard InChI is InChI=1S/C14H20N4O/c1-5-18-13(15)12(17-14(18)9(2)3)10-6-7-11(19-4)16-8-10/h6-9H,5,15H2,1-4H3. The number of hydrogen-bond acceptors (Lipinski definition) is 4. The van der Waals surface area contributed by atoms with Crippen LogP contribution in [-0.2, 0) is 6.54 Å². The number of aromatic nitrogens is 3. The summed E-state index contributed by atoms with van der Waals surface area (Å²) in [7, 11) is 1.60. The Morgan fingerprint density at radius 3 is 2.53 bits per heavy atom. The molecule has 0 bridgehead atoms. The number of rotatable bonds is 4. The zero-order valence-corrected chi connectivity index (χ0v) is 11.8. The topological polar surface area (TPSA) is 66.0 Å². The van der Waals surface area contributed by atoms with E-state index in [1.807, 2.05) is 16.7 Å². The van der Waals surface area contributed by atoms with Gasteiger partial charge in [-0.2, -0.15) is 0 Å². The maximum absolute atomic E-state index is 6.20. The van der Waals surface area contributed by atoms with Gasteiger partial charge < -0.3 is 15.0 Å². The van der Waals surface area contributed by atoms with E-state index in [2.05, 4.69) is 30.7 Å². The van der Waals surface area contributed by atoms with Gasteiger partial charge in [0.2, 0.25) is 5.88 Å². The zero-order chi connectivity index (χ0) is 14.0. The Balaban J connectivity index is 2.49. The highest BCUT2D eigenvalue weighted by molar-refractivity contribution is 5.70. The number of nitrogens with zero attached hydrogens (tertiary/aromatic N) is 3. The molecular formula is C14H20N4O. The molecule has 2 N–H and O–H groups in total. The van der Waals surface area contributed by atoms with Crippen LogP contribution in [0, 0.1) is 0 Å². The van der Waals surface area contributed by atoms with Crippen LogP contribution in [0.3, 0.4) is 0 Å². The molecule has 5 heteroatoms. The van der Waals surface area contributed by atoms with Gasteiger partial charge >= 0.3 is 0 Å². The molecule has 0 saturated heterocycles. The molecular weight excluding hydrogens is 240 g/mol. The van der Waals surface area contributed by atoms with Crippen molar-refractivity contribution in [3.05, 3.63) is 24.2 Å². The van der Waals surface area contributed by atoms with Crippen LogP contribution in [0.25, 0.3) is 11.3 Å². The number of nitrogen functional groups attached to an aromatic ring is 1. The maximum atomic E-state index is 6.20. The van der Waals surface area contributed by atoms with Crippen molar-refractivity contribution in [2.24, 2.45) is 0 Å². The minimum atomic E-state index is 0.335. The number of ether oxygens (including phenoxy) is 1. The molecule has 102 valence electrons. The predicted octanol–water partition coefficient (Wildman–Crippen LogP) is 2.68. The van der Waals surface area contributed by atoms with Crippen molar-refractivity contribution in [2.45, 2.75) is 33.2 Å². The molecule has 2 heterocycles. The Labute approximate surface area is 113 Å². The Morgan fingerprint density at radius 1 is 1.37 bits per heavy atom. The summed E-state index contributed by atoms with van der Waals surface area (Å²) >= 11 is 0. The fourth-order valence-corrected chi connectivity index (χ4v) is 2.11. The summed E-state index contributed by atoms with van der Waals surface area (Å²) in [6.07, 6.45) is 1.74. The lowest BCUT2D eigenvalue weighted by Crippen LogP contribution is -2.06. The SMILES string of the molecule is CCn1c(C(C)C)nc(-c2ccc(OC)nc2)c1N. The number of nitrogens with two attached hydrogens (primary N) is 1. The number of pyridine rings is 1. The summed E-state index contributed by atoms with van der Waals surface area (Å²) in [5.74, 6) is 2.62. The molecule has 2 aromatic heterocycles. The fourth-order valence-electron chi connectivity index (χ4n) is 2.11. The Hall–Kier alpha value is -2.04. The van der Waals surface area contributed by atoms with Crippen molar-refractivity contribution in [3.8, 4) is 17.1 Å². The monoisotopic (exact) mass is 260 g/mol. The highest BCUT2D eigenvalue weighted by Gasteiger charge is 2.17. The van der Waals surface area contributed by atoms with E-state index in [1.54, 1.807) is 13.3 Å². The first-order valence-electron chi connectivity index (χ1n) is 6.44. The number of anilines is 1. The summed E-state index contributed by atoms with van der Waals surface area (Å²) in [5.41, 5.74) is 7.90. The molecule has 0 amide bonds. The molecule has 0 radical (unpaired) electrons.